The Bertz CT molecular complexity index is 911. The van der Waals surface area contributed by atoms with Crippen molar-refractivity contribution >= 4 is 11.6 Å². The van der Waals surface area contributed by atoms with E-state index in [1.165, 1.54) is 7.11 Å². The van der Waals surface area contributed by atoms with Crippen LogP contribution >= 0.6 is 0 Å². The molecule has 26 heavy (non-hydrogen) atoms. The first-order valence-corrected chi connectivity index (χ1v) is 7.64. The predicted molar refractivity (Wildman–Crippen MR) is 91.3 cm³/mol. The van der Waals surface area contributed by atoms with E-state index in [1.54, 1.807) is 24.4 Å². The number of nitrogens with one attached hydrogen (secondary N) is 1. The van der Waals surface area contributed by atoms with Crippen LogP contribution in [0.3, 0.4) is 0 Å². The Balaban J connectivity index is 1.90. The van der Waals surface area contributed by atoms with Crippen molar-refractivity contribution in [3.8, 4) is 17.1 Å². The number of ether oxygens (including phenoxy) is 1. The van der Waals surface area contributed by atoms with Crippen molar-refractivity contribution in [1.29, 1.82) is 0 Å². The number of pyridine rings is 3. The summed E-state index contributed by atoms with van der Waals surface area (Å²) >= 11 is 0. The Morgan fingerprint density at radius 2 is 1.81 bits per heavy atom. The number of aryl methyl sites for hydroxylation is 1. The fourth-order valence-electron chi connectivity index (χ4n) is 2.34. The molecule has 3 aromatic rings. The van der Waals surface area contributed by atoms with Gasteiger partial charge in [-0.05, 0) is 42.8 Å². The monoisotopic (exact) mass is 360 g/mol. The van der Waals surface area contributed by atoms with Gasteiger partial charge in [-0.2, -0.15) is 13.2 Å². The second-order valence-electron chi connectivity index (χ2n) is 5.56. The van der Waals surface area contributed by atoms with Crippen LogP contribution in [-0.4, -0.2) is 22.1 Å². The van der Waals surface area contributed by atoms with Gasteiger partial charge in [0.25, 0.3) is 0 Å². The molecule has 3 heterocycles. The van der Waals surface area contributed by atoms with Crippen molar-refractivity contribution in [2.24, 2.45) is 0 Å². The highest BCUT2D eigenvalue weighted by Gasteiger charge is 2.30. The number of aromatic nitrogens is 3. The summed E-state index contributed by atoms with van der Waals surface area (Å²) in [6, 6.07) is 8.96. The Hall–Kier alpha value is -3.16. The number of alkyl halides is 3. The maximum atomic E-state index is 12.8. The van der Waals surface area contributed by atoms with E-state index in [9.17, 15) is 13.2 Å². The Morgan fingerprint density at radius 3 is 2.46 bits per heavy atom. The molecule has 0 saturated heterocycles. The first-order chi connectivity index (χ1) is 12.3. The molecule has 0 spiro atoms. The molecular weight excluding hydrogens is 345 g/mol. The Kier molecular flexibility index (Phi) is 4.75. The van der Waals surface area contributed by atoms with E-state index < -0.39 is 11.7 Å². The van der Waals surface area contributed by atoms with Gasteiger partial charge in [0.2, 0.25) is 5.88 Å². The fraction of sp³-hybridized carbons (Fsp3) is 0.167. The highest BCUT2D eigenvalue weighted by molar-refractivity contribution is 5.64. The second-order valence-corrected chi connectivity index (χ2v) is 5.56. The lowest BCUT2D eigenvalue weighted by Crippen LogP contribution is -2.06. The number of methoxy groups -OCH3 is 1. The van der Waals surface area contributed by atoms with Gasteiger partial charge in [-0.25, -0.2) is 15.0 Å². The van der Waals surface area contributed by atoms with Gasteiger partial charge in [0, 0.05) is 24.0 Å². The van der Waals surface area contributed by atoms with Crippen molar-refractivity contribution in [2.75, 3.05) is 12.4 Å². The molecule has 0 fully saturated rings. The lowest BCUT2D eigenvalue weighted by Gasteiger charge is -2.11. The van der Waals surface area contributed by atoms with Gasteiger partial charge in [0.15, 0.2) is 0 Å². The van der Waals surface area contributed by atoms with Crippen LogP contribution < -0.4 is 10.1 Å². The van der Waals surface area contributed by atoms with Crippen LogP contribution in [0, 0.1) is 6.92 Å². The van der Waals surface area contributed by atoms with Gasteiger partial charge in [0.1, 0.15) is 11.6 Å². The van der Waals surface area contributed by atoms with Gasteiger partial charge >= 0.3 is 6.18 Å². The minimum atomic E-state index is -4.43. The maximum absolute atomic E-state index is 12.8. The summed E-state index contributed by atoms with van der Waals surface area (Å²) < 4.78 is 43.5. The topological polar surface area (TPSA) is 59.9 Å². The van der Waals surface area contributed by atoms with Gasteiger partial charge in [0.05, 0.1) is 18.4 Å². The fourth-order valence-corrected chi connectivity index (χ4v) is 2.34. The zero-order valence-electron chi connectivity index (χ0n) is 14.0. The molecule has 1 N–H and O–H groups in total. The van der Waals surface area contributed by atoms with Crippen molar-refractivity contribution in [3.05, 3.63) is 59.9 Å². The number of nitrogens with zero attached hydrogens (tertiary/aromatic N) is 3. The minimum absolute atomic E-state index is 0.0664. The summed E-state index contributed by atoms with van der Waals surface area (Å²) in [7, 11) is 1.52. The third kappa shape index (κ3) is 4.08. The molecule has 0 aromatic carbocycles. The first kappa shape index (κ1) is 17.7. The van der Waals surface area contributed by atoms with Gasteiger partial charge < -0.3 is 10.1 Å². The second kappa shape index (κ2) is 6.99. The molecular formula is C18H15F3N4O. The maximum Gasteiger partial charge on any atom is 0.416 e. The van der Waals surface area contributed by atoms with Crippen LogP contribution in [0.1, 0.15) is 11.1 Å². The van der Waals surface area contributed by atoms with E-state index in [2.05, 4.69) is 20.3 Å². The molecule has 0 amide bonds. The summed E-state index contributed by atoms with van der Waals surface area (Å²) in [5, 5.41) is 2.82. The number of hydrogen-bond donors (Lipinski definition) is 1. The average molecular weight is 360 g/mol. The third-order valence-electron chi connectivity index (χ3n) is 3.55. The molecule has 0 aliphatic carbocycles. The minimum Gasteiger partial charge on any atom is -0.481 e. The first-order valence-electron chi connectivity index (χ1n) is 7.64. The molecule has 8 heteroatoms. The number of hydrogen-bond acceptors (Lipinski definition) is 5. The summed E-state index contributed by atoms with van der Waals surface area (Å²) in [5.74, 6) is 0.937. The molecule has 0 saturated carbocycles. The van der Waals surface area contributed by atoms with E-state index in [-0.39, 0.29) is 5.82 Å². The molecule has 0 unspecified atom stereocenters. The predicted octanol–water partition coefficient (Wildman–Crippen LogP) is 4.62. The molecule has 3 aromatic heterocycles. The van der Waals surface area contributed by atoms with Crippen molar-refractivity contribution < 1.29 is 17.9 Å². The van der Waals surface area contributed by atoms with E-state index in [0.29, 0.717) is 17.4 Å². The number of halogens is 3. The lowest BCUT2D eigenvalue weighted by molar-refractivity contribution is -0.137. The van der Waals surface area contributed by atoms with Crippen LogP contribution in [0.2, 0.25) is 0 Å². The Labute approximate surface area is 147 Å². The van der Waals surface area contributed by atoms with Crippen molar-refractivity contribution in [1.82, 2.24) is 15.0 Å². The van der Waals surface area contributed by atoms with Crippen molar-refractivity contribution in [2.45, 2.75) is 13.1 Å². The molecule has 3 rings (SSSR count). The summed E-state index contributed by atoms with van der Waals surface area (Å²) in [6.45, 7) is 1.87. The van der Waals surface area contributed by atoms with Crippen LogP contribution in [0.5, 0.6) is 5.88 Å². The standard InChI is InChI=1S/C18H15F3N4O/c1-11-7-14(12-3-4-17(26-2)23-10-12)24-16(8-11)25-15-9-13(5-6-22-15)18(19,20)21/h3-10H,1-2H3,(H,22,24,25). The smallest absolute Gasteiger partial charge is 0.416 e. The van der Waals surface area contributed by atoms with Crippen LogP contribution in [0.4, 0.5) is 24.8 Å². The van der Waals surface area contributed by atoms with Crippen LogP contribution in [-0.2, 0) is 6.18 Å². The van der Waals surface area contributed by atoms with Gasteiger partial charge in [-0.1, -0.05) is 0 Å². The highest BCUT2D eigenvalue weighted by atomic mass is 19.4. The largest absolute Gasteiger partial charge is 0.481 e. The average Bonchev–Trinajstić information content (AvgIpc) is 2.61. The lowest BCUT2D eigenvalue weighted by atomic mass is 10.1. The highest BCUT2D eigenvalue weighted by Crippen LogP contribution is 2.30. The molecule has 0 bridgehead atoms. The third-order valence-corrected chi connectivity index (χ3v) is 3.55. The van der Waals surface area contributed by atoms with E-state index >= 15 is 0 Å². The molecule has 0 aliphatic heterocycles. The van der Waals surface area contributed by atoms with Gasteiger partial charge in [-0.15, -0.1) is 0 Å². The van der Waals surface area contributed by atoms with E-state index in [1.807, 2.05) is 13.0 Å². The zero-order chi connectivity index (χ0) is 18.7. The zero-order valence-corrected chi connectivity index (χ0v) is 14.0. The summed E-state index contributed by atoms with van der Waals surface area (Å²) in [4.78, 5) is 12.5. The number of anilines is 2. The molecule has 0 radical (unpaired) electrons. The number of rotatable bonds is 4. The molecule has 0 aliphatic rings. The summed E-state index contributed by atoms with van der Waals surface area (Å²) in [6.07, 6.45) is -1.71. The van der Waals surface area contributed by atoms with Crippen LogP contribution in [0.25, 0.3) is 11.3 Å². The molecule has 0 atom stereocenters. The normalized spacial score (nSPS) is 11.3. The van der Waals surface area contributed by atoms with E-state index in [4.69, 9.17) is 4.74 Å². The molecule has 134 valence electrons. The van der Waals surface area contributed by atoms with Crippen molar-refractivity contribution in [3.63, 3.8) is 0 Å². The quantitative estimate of drug-likeness (QED) is 0.736. The van der Waals surface area contributed by atoms with Gasteiger partial charge in [-0.3, -0.25) is 0 Å². The SMILES string of the molecule is COc1ccc(-c2cc(C)cc(Nc3cc(C(F)(F)F)ccn3)n2)cn1. The Morgan fingerprint density at radius 1 is 1.00 bits per heavy atom. The van der Waals surface area contributed by atoms with Crippen LogP contribution in [0.15, 0.2) is 48.8 Å². The molecule has 5 nitrogen and oxygen atoms in total. The summed E-state index contributed by atoms with van der Waals surface area (Å²) in [5.41, 5.74) is 1.51. The van der Waals surface area contributed by atoms with E-state index in [0.717, 1.165) is 29.5 Å².